The zero-order valence-electron chi connectivity index (χ0n) is 15.1. The number of hydrogen-bond donors (Lipinski definition) is 0. The van der Waals surface area contributed by atoms with Crippen molar-refractivity contribution in [1.82, 2.24) is 0 Å². The van der Waals surface area contributed by atoms with Gasteiger partial charge < -0.3 is 4.74 Å². The van der Waals surface area contributed by atoms with Crippen LogP contribution in [0.5, 0.6) is 0 Å². The van der Waals surface area contributed by atoms with Crippen LogP contribution in [-0.2, 0) is 14.9 Å². The molecule has 3 atom stereocenters. The van der Waals surface area contributed by atoms with E-state index in [1.807, 2.05) is 0 Å². The van der Waals surface area contributed by atoms with Crippen LogP contribution in [0.3, 0.4) is 0 Å². The molecular weight excluding hydrogens is 296 g/mol. The van der Waals surface area contributed by atoms with Gasteiger partial charge in [0.15, 0.2) is 5.78 Å². The van der Waals surface area contributed by atoms with Crippen LogP contribution in [-0.4, -0.2) is 18.5 Å². The second-order valence-electron chi connectivity index (χ2n) is 7.59. The molecule has 24 heavy (non-hydrogen) atoms. The lowest BCUT2D eigenvalue weighted by Gasteiger charge is -2.31. The van der Waals surface area contributed by atoms with Gasteiger partial charge in [-0.1, -0.05) is 56.2 Å². The van der Waals surface area contributed by atoms with Crippen molar-refractivity contribution in [3.05, 3.63) is 41.5 Å². The fourth-order valence-corrected chi connectivity index (χ4v) is 4.50. The molecule has 1 heterocycles. The van der Waals surface area contributed by atoms with Gasteiger partial charge in [-0.3, -0.25) is 4.79 Å². The van der Waals surface area contributed by atoms with E-state index in [1.165, 1.54) is 43.2 Å². The summed E-state index contributed by atoms with van der Waals surface area (Å²) in [5, 5.41) is 0. The molecule has 130 valence electrons. The van der Waals surface area contributed by atoms with Crippen LogP contribution in [0.25, 0.3) is 6.08 Å². The fraction of sp³-hybridized carbons (Fsp3) is 0.591. The second-order valence-corrected chi connectivity index (χ2v) is 7.59. The molecule has 0 N–H and O–H groups in total. The normalized spacial score (nSPS) is 28.8. The summed E-state index contributed by atoms with van der Waals surface area (Å²) in [4.78, 5) is 11.4. The summed E-state index contributed by atoms with van der Waals surface area (Å²) in [5.41, 5.74) is 3.16. The van der Waals surface area contributed by atoms with Crippen LogP contribution in [0.4, 0.5) is 0 Å². The van der Waals surface area contributed by atoms with Crippen molar-refractivity contribution in [2.45, 2.75) is 70.3 Å². The number of fused-ring (bicyclic) bond motifs is 1. The van der Waals surface area contributed by atoms with Crippen LogP contribution in [0.1, 0.15) is 69.9 Å². The maximum atomic E-state index is 11.4. The van der Waals surface area contributed by atoms with Gasteiger partial charge in [0.1, 0.15) is 6.10 Å². The maximum absolute atomic E-state index is 11.4. The van der Waals surface area contributed by atoms with E-state index >= 15 is 0 Å². The quantitative estimate of drug-likeness (QED) is 0.679. The molecule has 0 amide bonds. The van der Waals surface area contributed by atoms with Gasteiger partial charge in [-0.2, -0.15) is 0 Å². The highest BCUT2D eigenvalue weighted by molar-refractivity contribution is 5.80. The van der Waals surface area contributed by atoms with E-state index < -0.39 is 0 Å². The van der Waals surface area contributed by atoms with Crippen molar-refractivity contribution in [3.63, 3.8) is 0 Å². The monoisotopic (exact) mass is 326 g/mol. The topological polar surface area (TPSA) is 26.3 Å². The molecule has 0 saturated carbocycles. The van der Waals surface area contributed by atoms with E-state index in [0.717, 1.165) is 19.4 Å². The van der Waals surface area contributed by atoms with Crippen LogP contribution in [0.15, 0.2) is 30.3 Å². The molecule has 2 aliphatic rings. The first-order chi connectivity index (χ1) is 11.6. The molecular formula is C22H30O2. The van der Waals surface area contributed by atoms with Crippen LogP contribution in [0.2, 0.25) is 0 Å². The average Bonchev–Trinajstić information content (AvgIpc) is 2.95. The van der Waals surface area contributed by atoms with E-state index in [0.29, 0.717) is 5.92 Å². The molecule has 1 aromatic rings. The number of rotatable bonds is 7. The molecule has 2 heteroatoms. The van der Waals surface area contributed by atoms with E-state index in [9.17, 15) is 4.79 Å². The third-order valence-corrected chi connectivity index (χ3v) is 5.83. The predicted octanol–water partition coefficient (Wildman–Crippen LogP) is 5.31. The Kier molecular flexibility index (Phi) is 5.55. The molecule has 0 spiro atoms. The van der Waals surface area contributed by atoms with E-state index in [-0.39, 0.29) is 17.3 Å². The first-order valence-electron chi connectivity index (χ1n) is 9.55. The van der Waals surface area contributed by atoms with Gasteiger partial charge in [0.25, 0.3) is 0 Å². The minimum atomic E-state index is -0.141. The van der Waals surface area contributed by atoms with Crippen molar-refractivity contribution in [3.8, 4) is 0 Å². The third-order valence-electron chi connectivity index (χ3n) is 5.83. The van der Waals surface area contributed by atoms with Crippen LogP contribution >= 0.6 is 0 Å². The van der Waals surface area contributed by atoms with Gasteiger partial charge in [0, 0.05) is 5.41 Å². The first kappa shape index (κ1) is 17.4. The lowest BCUT2D eigenvalue weighted by atomic mass is 9.74. The van der Waals surface area contributed by atoms with Gasteiger partial charge in [0.2, 0.25) is 0 Å². The molecule has 3 unspecified atom stereocenters. The number of carbonyl (C=O) groups is 1. The number of benzene rings is 1. The molecule has 1 aliphatic heterocycles. The second kappa shape index (κ2) is 7.65. The molecule has 1 aliphatic carbocycles. The van der Waals surface area contributed by atoms with Crippen molar-refractivity contribution < 1.29 is 9.53 Å². The number of Topliss-reactive ketones (excluding diaryl/α,β-unsaturated/α-hetero) is 1. The van der Waals surface area contributed by atoms with Crippen molar-refractivity contribution in [1.29, 1.82) is 0 Å². The number of hydrogen-bond acceptors (Lipinski definition) is 2. The van der Waals surface area contributed by atoms with Crippen molar-refractivity contribution in [2.24, 2.45) is 5.92 Å². The number of ketones is 1. The summed E-state index contributed by atoms with van der Waals surface area (Å²) in [6.07, 6.45) is 12.8. The Morgan fingerprint density at radius 3 is 2.79 bits per heavy atom. The smallest absolute Gasteiger partial charge is 0.158 e. The summed E-state index contributed by atoms with van der Waals surface area (Å²) in [5.74, 6) is 0.808. The van der Waals surface area contributed by atoms with Crippen molar-refractivity contribution >= 4 is 11.9 Å². The highest BCUT2D eigenvalue weighted by Crippen LogP contribution is 2.43. The lowest BCUT2D eigenvalue weighted by molar-refractivity contribution is -0.133. The van der Waals surface area contributed by atoms with Gasteiger partial charge in [-0.15, -0.1) is 0 Å². The Morgan fingerprint density at radius 1 is 1.25 bits per heavy atom. The van der Waals surface area contributed by atoms with Gasteiger partial charge in [-0.25, -0.2) is 0 Å². The highest BCUT2D eigenvalue weighted by atomic mass is 16.5. The van der Waals surface area contributed by atoms with Crippen LogP contribution < -0.4 is 0 Å². The number of allylic oxidation sites excluding steroid dienone is 1. The Hall–Kier alpha value is -1.41. The predicted molar refractivity (Wildman–Crippen MR) is 99.1 cm³/mol. The standard InChI is InChI=1S/C22H30O2/c1-3-13-22(15-12-19-8-4-5-9-20(19)22)14-6-7-18-10-11-21(17(2)23)24-16-18/h4-5,8-9,12,15,18,21H,3,6-7,10-11,13-14,16H2,1-2H3. The minimum Gasteiger partial charge on any atom is -0.370 e. The van der Waals surface area contributed by atoms with E-state index in [1.54, 1.807) is 6.92 Å². The van der Waals surface area contributed by atoms with Gasteiger partial charge in [0.05, 0.1) is 6.61 Å². The molecule has 0 radical (unpaired) electrons. The molecule has 1 saturated heterocycles. The Labute approximate surface area is 146 Å². The first-order valence-corrected chi connectivity index (χ1v) is 9.55. The Bertz CT molecular complexity index is 596. The summed E-state index contributed by atoms with van der Waals surface area (Å²) < 4.78 is 5.74. The minimum absolute atomic E-state index is 0.141. The van der Waals surface area contributed by atoms with Crippen LogP contribution in [0, 0.1) is 5.92 Å². The average molecular weight is 326 g/mol. The summed E-state index contributed by atoms with van der Waals surface area (Å²) in [6.45, 7) is 4.69. The molecule has 1 fully saturated rings. The zero-order valence-corrected chi connectivity index (χ0v) is 15.1. The van der Waals surface area contributed by atoms with Crippen molar-refractivity contribution in [2.75, 3.05) is 6.61 Å². The highest BCUT2D eigenvalue weighted by Gasteiger charge is 2.33. The molecule has 3 rings (SSSR count). The largest absolute Gasteiger partial charge is 0.370 e. The molecule has 0 bridgehead atoms. The molecule has 2 nitrogen and oxygen atoms in total. The SMILES string of the molecule is CCCC1(CCCC2CCC(C(C)=O)OC2)C=Cc2ccccc21. The van der Waals surface area contributed by atoms with Gasteiger partial charge in [-0.05, 0) is 56.1 Å². The Morgan fingerprint density at radius 2 is 2.08 bits per heavy atom. The summed E-state index contributed by atoms with van der Waals surface area (Å²) in [6, 6.07) is 8.86. The van der Waals surface area contributed by atoms with E-state index in [2.05, 4.69) is 43.3 Å². The third kappa shape index (κ3) is 3.64. The lowest BCUT2D eigenvalue weighted by Crippen LogP contribution is -2.31. The number of carbonyl (C=O) groups excluding carboxylic acids is 1. The number of ether oxygens (including phenoxy) is 1. The fourth-order valence-electron chi connectivity index (χ4n) is 4.50. The van der Waals surface area contributed by atoms with Gasteiger partial charge >= 0.3 is 0 Å². The van der Waals surface area contributed by atoms with E-state index in [4.69, 9.17) is 4.74 Å². The molecule has 1 aromatic carbocycles. The summed E-state index contributed by atoms with van der Waals surface area (Å²) >= 11 is 0. The Balaban J connectivity index is 1.55. The maximum Gasteiger partial charge on any atom is 0.158 e. The molecule has 0 aromatic heterocycles. The zero-order chi connectivity index (χ0) is 17.0. The summed E-state index contributed by atoms with van der Waals surface area (Å²) in [7, 11) is 0.